The fraction of sp³-hybridized carbons (Fsp3) is 0.500. The van der Waals surface area contributed by atoms with E-state index in [4.69, 9.17) is 22.9 Å². The second-order valence-corrected chi connectivity index (χ2v) is 10.6. The number of amides is 5. The second kappa shape index (κ2) is 20.6. The number of nitrogens with two attached hydrogens (primary N) is 4. The van der Waals surface area contributed by atoms with Gasteiger partial charge in [0.15, 0.2) is 5.96 Å². The number of aliphatic imine (C=N–C) groups is 1. The van der Waals surface area contributed by atoms with Gasteiger partial charge < -0.3 is 64.6 Å². The number of aliphatic hydroxyl groups is 1. The van der Waals surface area contributed by atoms with Gasteiger partial charge in [0.25, 0.3) is 0 Å². The minimum absolute atomic E-state index is 0.101. The summed E-state index contributed by atoms with van der Waals surface area (Å²) in [6.07, 6.45) is -1.63. The van der Waals surface area contributed by atoms with Gasteiger partial charge in [-0.2, -0.15) is 0 Å². The van der Waals surface area contributed by atoms with Gasteiger partial charge in [-0.1, -0.05) is 12.1 Å². The first-order valence-corrected chi connectivity index (χ1v) is 14.7. The van der Waals surface area contributed by atoms with Crippen LogP contribution in [0.25, 0.3) is 0 Å². The number of rotatable bonds is 22. The zero-order chi connectivity index (χ0) is 36.4. The average Bonchev–Trinajstić information content (AvgIpc) is 3.01. The molecule has 1 aromatic carbocycles. The maximum atomic E-state index is 13.4. The second-order valence-electron chi connectivity index (χ2n) is 10.6. The van der Waals surface area contributed by atoms with Gasteiger partial charge in [0.05, 0.1) is 12.6 Å². The highest BCUT2D eigenvalue weighted by Crippen LogP contribution is 2.12. The summed E-state index contributed by atoms with van der Waals surface area (Å²) in [6, 6.07) is -1.99. The molecule has 0 aliphatic carbocycles. The standard InChI is InChI=1S/C28H43N9O11/c29-16(2-1-11-33-28(31)32)23(43)34-17(7-9-21(30)40)24(44)35-18(8-10-22(41)42)25(45)36-19(12-14-3-5-15(39)6-4-14)26(46)37-20(13-38)27(47)48/h3-6,16-20,38-39H,1-2,7-13,29H2,(H2,30,40)(H,34,43)(H,35,44)(H,36,45)(H,37,46)(H,41,42)(H,47,48)(H4,31,32,33)/t16-,17-,18-,19-,20-/m0/s1. The van der Waals surface area contributed by atoms with Crippen LogP contribution >= 0.6 is 0 Å². The molecule has 266 valence electrons. The van der Waals surface area contributed by atoms with Gasteiger partial charge in [0, 0.05) is 25.8 Å². The molecule has 0 bridgehead atoms. The largest absolute Gasteiger partial charge is 0.508 e. The molecule has 1 aromatic rings. The third kappa shape index (κ3) is 15.7. The lowest BCUT2D eigenvalue weighted by Gasteiger charge is -2.26. The number of aliphatic hydroxyl groups excluding tert-OH is 1. The number of aromatic hydroxyl groups is 1. The highest BCUT2D eigenvalue weighted by atomic mass is 16.4. The van der Waals surface area contributed by atoms with E-state index < -0.39 is 91.1 Å². The molecule has 1 rings (SSSR count). The van der Waals surface area contributed by atoms with Gasteiger partial charge in [0.2, 0.25) is 29.5 Å². The molecule has 0 spiro atoms. The zero-order valence-electron chi connectivity index (χ0n) is 26.0. The average molecular weight is 682 g/mol. The summed E-state index contributed by atoms with van der Waals surface area (Å²) in [5.74, 6) is -7.86. The molecule has 0 aliphatic heterocycles. The number of phenolic OH excluding ortho intramolecular Hbond substituents is 1. The lowest BCUT2D eigenvalue weighted by molar-refractivity contribution is -0.143. The van der Waals surface area contributed by atoms with Crippen LogP contribution in [0.5, 0.6) is 5.75 Å². The highest BCUT2D eigenvalue weighted by molar-refractivity contribution is 5.96. The number of aliphatic carboxylic acids is 2. The number of carboxylic acid groups (broad SMARTS) is 2. The Hall–Kier alpha value is -5.50. The number of benzene rings is 1. The molecular weight excluding hydrogens is 638 g/mol. The van der Waals surface area contributed by atoms with Gasteiger partial charge in [-0.25, -0.2) is 4.79 Å². The lowest BCUT2D eigenvalue weighted by Crippen LogP contribution is -2.59. The maximum Gasteiger partial charge on any atom is 0.328 e. The van der Waals surface area contributed by atoms with Crippen LogP contribution in [-0.4, -0.2) is 111 Å². The van der Waals surface area contributed by atoms with Gasteiger partial charge >= 0.3 is 11.9 Å². The van der Waals surface area contributed by atoms with Crippen LogP contribution in [-0.2, 0) is 40.0 Å². The molecular formula is C28H43N9O11. The fourth-order valence-corrected chi connectivity index (χ4v) is 4.10. The number of guanidine groups is 1. The number of hydrogen-bond acceptors (Lipinski definition) is 11. The van der Waals surface area contributed by atoms with Crippen LogP contribution < -0.4 is 44.2 Å². The Labute approximate surface area is 274 Å². The van der Waals surface area contributed by atoms with E-state index in [1.54, 1.807) is 0 Å². The van der Waals surface area contributed by atoms with Crippen molar-refractivity contribution in [3.05, 3.63) is 29.8 Å². The normalized spacial score (nSPS) is 13.8. The number of carbonyl (C=O) groups excluding carboxylic acids is 5. The predicted molar refractivity (Wildman–Crippen MR) is 167 cm³/mol. The predicted octanol–water partition coefficient (Wildman–Crippen LogP) is -4.54. The summed E-state index contributed by atoms with van der Waals surface area (Å²) in [7, 11) is 0. The molecule has 0 heterocycles. The van der Waals surface area contributed by atoms with E-state index in [2.05, 4.69) is 26.3 Å². The third-order valence-electron chi connectivity index (χ3n) is 6.70. The van der Waals surface area contributed by atoms with Crippen LogP contribution in [0.4, 0.5) is 0 Å². The SMILES string of the molecule is NC(=O)CC[C@H](NC(=O)[C@@H](N)CCCN=C(N)N)C(=O)N[C@@H](CCC(=O)O)C(=O)N[C@@H](Cc1ccc(O)cc1)C(=O)N[C@@H](CO)C(=O)O. The van der Waals surface area contributed by atoms with E-state index in [0.717, 1.165) is 0 Å². The number of carbonyl (C=O) groups is 7. The fourth-order valence-electron chi connectivity index (χ4n) is 4.10. The maximum absolute atomic E-state index is 13.4. The van der Waals surface area contributed by atoms with E-state index in [0.29, 0.717) is 12.0 Å². The number of nitrogens with one attached hydrogen (secondary N) is 4. The molecule has 0 saturated heterocycles. The Morgan fingerprint density at radius 3 is 1.71 bits per heavy atom. The summed E-state index contributed by atoms with van der Waals surface area (Å²) in [4.78, 5) is 90.5. The molecule has 0 fully saturated rings. The van der Waals surface area contributed by atoms with Gasteiger partial charge in [0.1, 0.15) is 29.9 Å². The van der Waals surface area contributed by atoms with Crippen molar-refractivity contribution in [1.29, 1.82) is 0 Å². The Kier molecular flexibility index (Phi) is 17.4. The first kappa shape index (κ1) is 40.5. The summed E-state index contributed by atoms with van der Waals surface area (Å²) in [5, 5.41) is 46.6. The number of hydrogen-bond donors (Lipinski definition) is 12. The van der Waals surface area contributed by atoms with Crippen molar-refractivity contribution < 1.29 is 54.0 Å². The molecule has 20 nitrogen and oxygen atoms in total. The lowest BCUT2D eigenvalue weighted by atomic mass is 10.0. The van der Waals surface area contributed by atoms with Crippen LogP contribution in [0, 0.1) is 0 Å². The van der Waals surface area contributed by atoms with Gasteiger partial charge in [-0.05, 0) is 43.4 Å². The quantitative estimate of drug-likeness (QED) is 0.0312. The summed E-state index contributed by atoms with van der Waals surface area (Å²) >= 11 is 0. The topological polar surface area (TPSA) is 365 Å². The van der Waals surface area contributed by atoms with E-state index in [9.17, 15) is 54.0 Å². The Bertz CT molecular complexity index is 1320. The van der Waals surface area contributed by atoms with Crippen LogP contribution in [0.15, 0.2) is 29.3 Å². The molecule has 0 unspecified atom stereocenters. The first-order valence-electron chi connectivity index (χ1n) is 14.7. The van der Waals surface area contributed by atoms with Crippen molar-refractivity contribution in [2.24, 2.45) is 27.9 Å². The summed E-state index contributed by atoms with van der Waals surface area (Å²) in [6.45, 7) is -0.797. The molecule has 0 aliphatic rings. The minimum atomic E-state index is -1.73. The molecule has 5 atom stereocenters. The Morgan fingerprint density at radius 1 is 0.708 bits per heavy atom. The Balaban J connectivity index is 3.24. The van der Waals surface area contributed by atoms with Gasteiger partial charge in [-0.3, -0.25) is 33.8 Å². The number of phenols is 1. The highest BCUT2D eigenvalue weighted by Gasteiger charge is 2.32. The third-order valence-corrected chi connectivity index (χ3v) is 6.70. The van der Waals surface area contributed by atoms with Gasteiger partial charge in [-0.15, -0.1) is 0 Å². The van der Waals surface area contributed by atoms with E-state index in [1.165, 1.54) is 24.3 Å². The van der Waals surface area contributed by atoms with Crippen molar-refractivity contribution >= 4 is 47.4 Å². The molecule has 0 aromatic heterocycles. The summed E-state index contributed by atoms with van der Waals surface area (Å²) in [5.41, 5.74) is 22.0. The minimum Gasteiger partial charge on any atom is -0.508 e. The molecule has 0 radical (unpaired) electrons. The summed E-state index contributed by atoms with van der Waals surface area (Å²) < 4.78 is 0. The molecule has 5 amide bonds. The number of nitrogens with zero attached hydrogens (tertiary/aromatic N) is 1. The monoisotopic (exact) mass is 681 g/mol. The van der Waals surface area contributed by atoms with E-state index in [-0.39, 0.29) is 43.9 Å². The number of carboxylic acids is 2. The van der Waals surface area contributed by atoms with Crippen molar-refractivity contribution in [2.45, 2.75) is 75.2 Å². The molecule has 0 saturated carbocycles. The zero-order valence-corrected chi connectivity index (χ0v) is 26.0. The molecule has 16 N–H and O–H groups in total. The van der Waals surface area contributed by atoms with Crippen LogP contribution in [0.3, 0.4) is 0 Å². The van der Waals surface area contributed by atoms with Crippen LogP contribution in [0.2, 0.25) is 0 Å². The smallest absolute Gasteiger partial charge is 0.328 e. The van der Waals surface area contributed by atoms with E-state index >= 15 is 0 Å². The first-order chi connectivity index (χ1) is 22.5. The van der Waals surface area contributed by atoms with Crippen molar-refractivity contribution in [3.63, 3.8) is 0 Å². The van der Waals surface area contributed by atoms with Crippen molar-refractivity contribution in [2.75, 3.05) is 13.2 Å². The molecule has 20 heteroatoms. The number of primary amides is 1. The van der Waals surface area contributed by atoms with E-state index in [1.807, 2.05) is 0 Å². The molecule has 48 heavy (non-hydrogen) atoms. The van der Waals surface area contributed by atoms with Crippen molar-refractivity contribution in [3.8, 4) is 5.75 Å². The Morgan fingerprint density at radius 2 is 1.21 bits per heavy atom. The van der Waals surface area contributed by atoms with Crippen molar-refractivity contribution in [1.82, 2.24) is 21.3 Å². The van der Waals surface area contributed by atoms with Crippen LogP contribution in [0.1, 0.15) is 44.1 Å².